The largest absolute Gasteiger partial charge is 3.00 e. The molecular formula is C30H33OTi. The smallest absolute Gasteiger partial charge is 0.507 e. The Hall–Kier alpha value is -2.35. The number of fused-ring (bicyclic) bond motifs is 4. The fraction of sp³-hybridized carbons (Fsp3) is 0.167. The maximum atomic E-state index is 11.0. The van der Waals surface area contributed by atoms with Crippen LogP contribution in [0, 0.1) is 22.3 Å². The topological polar surface area (TPSA) is 20.2 Å². The zero-order valence-corrected chi connectivity index (χ0v) is 21.4. The molecule has 4 aromatic carbocycles. The third-order valence-corrected chi connectivity index (χ3v) is 6.69. The van der Waals surface area contributed by atoms with Gasteiger partial charge in [-0.25, -0.2) is 0 Å². The molecule has 1 aliphatic rings. The number of benzene rings is 4. The predicted octanol–water partition coefficient (Wildman–Crippen LogP) is 8.65. The Morgan fingerprint density at radius 2 is 1.25 bits per heavy atom. The van der Waals surface area contributed by atoms with Gasteiger partial charge in [0.15, 0.2) is 0 Å². The Labute approximate surface area is 209 Å². The molecule has 0 saturated heterocycles. The molecule has 32 heavy (non-hydrogen) atoms. The van der Waals surface area contributed by atoms with Crippen molar-refractivity contribution < 1.29 is 26.8 Å². The summed E-state index contributed by atoms with van der Waals surface area (Å²) in [6, 6.07) is 27.7. The van der Waals surface area contributed by atoms with Crippen LogP contribution in [0.25, 0.3) is 33.0 Å². The van der Waals surface area contributed by atoms with E-state index in [9.17, 15) is 5.11 Å². The van der Waals surface area contributed by atoms with E-state index in [4.69, 9.17) is 0 Å². The minimum atomic E-state index is 0. The van der Waals surface area contributed by atoms with Crippen LogP contribution in [-0.4, -0.2) is 5.11 Å². The van der Waals surface area contributed by atoms with Crippen LogP contribution in [-0.2, 0) is 27.1 Å². The summed E-state index contributed by atoms with van der Waals surface area (Å²) in [6.45, 7) is 4.57. The van der Waals surface area contributed by atoms with E-state index in [1.54, 1.807) is 0 Å². The second kappa shape index (κ2) is 10.5. The molecular weight excluding hydrogens is 424 g/mol. The van der Waals surface area contributed by atoms with Gasteiger partial charge in [0.2, 0.25) is 0 Å². The van der Waals surface area contributed by atoms with Crippen molar-refractivity contribution in [3.8, 4) is 28.0 Å². The predicted molar refractivity (Wildman–Crippen MR) is 137 cm³/mol. The van der Waals surface area contributed by atoms with Crippen molar-refractivity contribution in [2.75, 3.05) is 0 Å². The van der Waals surface area contributed by atoms with Gasteiger partial charge in [0.05, 0.1) is 0 Å². The summed E-state index contributed by atoms with van der Waals surface area (Å²) in [5, 5.41) is 12.9. The van der Waals surface area contributed by atoms with Gasteiger partial charge in [0.1, 0.15) is 5.75 Å². The molecule has 0 spiro atoms. The first-order valence-corrected chi connectivity index (χ1v) is 10.1. The third kappa shape index (κ3) is 3.83. The van der Waals surface area contributed by atoms with Crippen LogP contribution >= 0.6 is 0 Å². The maximum absolute atomic E-state index is 11.0. The fourth-order valence-electron chi connectivity index (χ4n) is 5.12. The molecule has 2 heteroatoms. The van der Waals surface area contributed by atoms with E-state index in [1.165, 1.54) is 22.3 Å². The molecule has 163 valence electrons. The molecule has 0 heterocycles. The van der Waals surface area contributed by atoms with Crippen LogP contribution < -0.4 is 0 Å². The molecule has 1 aliphatic carbocycles. The van der Waals surface area contributed by atoms with Crippen LogP contribution in [0.15, 0.2) is 78.9 Å². The molecule has 0 aromatic heterocycles. The molecule has 0 amide bonds. The van der Waals surface area contributed by atoms with Crippen molar-refractivity contribution in [2.24, 2.45) is 0 Å². The Morgan fingerprint density at radius 3 is 1.97 bits per heavy atom. The van der Waals surface area contributed by atoms with Crippen LogP contribution in [0.1, 0.15) is 37.8 Å². The summed E-state index contributed by atoms with van der Waals surface area (Å²) >= 11 is 0. The average Bonchev–Trinajstić information content (AvgIpc) is 3.04. The Morgan fingerprint density at radius 1 is 0.656 bits per heavy atom. The van der Waals surface area contributed by atoms with Gasteiger partial charge in [0.25, 0.3) is 0 Å². The summed E-state index contributed by atoms with van der Waals surface area (Å²) in [7, 11) is 0. The Balaban J connectivity index is 0.00000128. The quantitative estimate of drug-likeness (QED) is 0.241. The molecule has 4 aromatic rings. The van der Waals surface area contributed by atoms with E-state index in [2.05, 4.69) is 62.4 Å². The molecule has 0 unspecified atom stereocenters. The second-order valence-corrected chi connectivity index (χ2v) is 7.78. The van der Waals surface area contributed by atoms with Crippen molar-refractivity contribution in [3.05, 3.63) is 112 Å². The minimum absolute atomic E-state index is 0. The van der Waals surface area contributed by atoms with Gasteiger partial charge in [-0.3, -0.25) is 0 Å². The van der Waals surface area contributed by atoms with E-state index in [0.717, 1.165) is 34.7 Å². The molecule has 0 bridgehead atoms. The standard InChI is InChI=1S/C27H24O.3CH3.Ti/c1-3-27(4-2)24-12-8-7-11-22(24)23-16-14-19(17-25(23)27)21-15-13-18-9-5-6-10-20(18)26(21)28;;;;/h5-17,28H,3-4H2,1-2H3;3*1H3;/q;3*-1;+3. The maximum Gasteiger partial charge on any atom is 3.00 e. The van der Waals surface area contributed by atoms with Crippen molar-refractivity contribution in [2.45, 2.75) is 32.1 Å². The number of phenols is 1. The van der Waals surface area contributed by atoms with Gasteiger partial charge >= 0.3 is 21.7 Å². The minimum Gasteiger partial charge on any atom is -0.507 e. The summed E-state index contributed by atoms with van der Waals surface area (Å²) < 4.78 is 0. The molecule has 1 radical (unpaired) electrons. The van der Waals surface area contributed by atoms with E-state index in [-0.39, 0.29) is 49.4 Å². The van der Waals surface area contributed by atoms with Gasteiger partial charge in [-0.15, -0.1) is 0 Å². The average molecular weight is 457 g/mol. The van der Waals surface area contributed by atoms with Crippen molar-refractivity contribution in [1.29, 1.82) is 0 Å². The van der Waals surface area contributed by atoms with Gasteiger partial charge in [-0.05, 0) is 52.1 Å². The van der Waals surface area contributed by atoms with Gasteiger partial charge < -0.3 is 27.4 Å². The molecule has 0 fully saturated rings. The number of aromatic hydroxyl groups is 1. The summed E-state index contributed by atoms with van der Waals surface area (Å²) in [4.78, 5) is 0. The molecule has 0 saturated carbocycles. The number of phenolic OH excluding ortho intramolecular Hbond substituents is 1. The summed E-state index contributed by atoms with van der Waals surface area (Å²) in [6.07, 6.45) is 2.14. The molecule has 5 rings (SSSR count). The fourth-order valence-corrected chi connectivity index (χ4v) is 5.12. The molecule has 0 aliphatic heterocycles. The van der Waals surface area contributed by atoms with Crippen molar-refractivity contribution >= 4 is 10.8 Å². The number of hydrogen-bond acceptors (Lipinski definition) is 1. The molecule has 1 nitrogen and oxygen atoms in total. The van der Waals surface area contributed by atoms with E-state index in [0.29, 0.717) is 5.75 Å². The normalized spacial score (nSPS) is 12.3. The van der Waals surface area contributed by atoms with Crippen LogP contribution in [0.5, 0.6) is 5.75 Å². The van der Waals surface area contributed by atoms with Crippen molar-refractivity contribution in [1.82, 2.24) is 0 Å². The monoisotopic (exact) mass is 457 g/mol. The van der Waals surface area contributed by atoms with Gasteiger partial charge in [-0.2, -0.15) is 0 Å². The zero-order chi connectivity index (χ0) is 19.3. The first kappa shape index (κ1) is 27.7. The summed E-state index contributed by atoms with van der Waals surface area (Å²) in [5.41, 5.74) is 7.56. The van der Waals surface area contributed by atoms with Gasteiger partial charge in [-0.1, -0.05) is 86.6 Å². The summed E-state index contributed by atoms with van der Waals surface area (Å²) in [5.74, 6) is 0.368. The van der Waals surface area contributed by atoms with Crippen LogP contribution in [0.4, 0.5) is 0 Å². The van der Waals surface area contributed by atoms with Crippen LogP contribution in [0.3, 0.4) is 0 Å². The first-order valence-electron chi connectivity index (χ1n) is 10.1. The first-order chi connectivity index (χ1) is 13.7. The zero-order valence-electron chi connectivity index (χ0n) is 19.9. The van der Waals surface area contributed by atoms with Crippen molar-refractivity contribution in [3.63, 3.8) is 0 Å². The Bertz CT molecular complexity index is 1200. The van der Waals surface area contributed by atoms with Crippen LogP contribution in [0.2, 0.25) is 0 Å². The molecule has 0 atom stereocenters. The van der Waals surface area contributed by atoms with E-state index >= 15 is 0 Å². The van der Waals surface area contributed by atoms with E-state index < -0.39 is 0 Å². The van der Waals surface area contributed by atoms with E-state index in [1.807, 2.05) is 30.3 Å². The molecule has 1 N–H and O–H groups in total. The number of hydrogen-bond donors (Lipinski definition) is 1. The second-order valence-electron chi connectivity index (χ2n) is 7.78. The van der Waals surface area contributed by atoms with Gasteiger partial charge in [0, 0.05) is 16.4 Å². The SMILES string of the molecule is CCC1(CC)c2ccccc2-c2ccc(-c3ccc4ccccc4c3O)cc21.[CH3-].[CH3-].[CH3-].[Ti+3]. The Kier molecular flexibility index (Phi) is 9.10. The number of rotatable bonds is 3. The third-order valence-electron chi connectivity index (χ3n) is 6.69.